The number of nitrogens with one attached hydrogen (secondary N) is 1. The summed E-state index contributed by atoms with van der Waals surface area (Å²) in [6, 6.07) is 6.73. The molecule has 0 amide bonds. The van der Waals surface area contributed by atoms with Gasteiger partial charge in [-0.3, -0.25) is 0 Å². The monoisotopic (exact) mass is 271 g/mol. The highest BCUT2D eigenvalue weighted by Crippen LogP contribution is 2.20. The predicted molar refractivity (Wildman–Crippen MR) is 69.6 cm³/mol. The first-order valence-electron chi connectivity index (χ1n) is 6.19. The number of benzene rings is 1. The van der Waals surface area contributed by atoms with Crippen LogP contribution in [0.4, 0.5) is 4.39 Å². The summed E-state index contributed by atoms with van der Waals surface area (Å²) < 4.78 is 36.2. The van der Waals surface area contributed by atoms with Crippen molar-refractivity contribution in [3.63, 3.8) is 0 Å². The third-order valence-corrected chi connectivity index (χ3v) is 5.13. The Hall–Kier alpha value is -0.940. The Kier molecular flexibility index (Phi) is 4.02. The zero-order valence-electron chi connectivity index (χ0n) is 10.4. The van der Waals surface area contributed by atoms with E-state index in [4.69, 9.17) is 0 Å². The standard InChI is InChI=1S/C13H18FNO2S/c1-10(12-4-2-3-5-13(12)14)15-11-6-8-18(16,17)9-7-11/h2-5,10-11,15H,6-9H2,1H3/t10-/m1/s1. The van der Waals surface area contributed by atoms with Gasteiger partial charge in [-0.05, 0) is 25.8 Å². The molecule has 1 aromatic rings. The zero-order chi connectivity index (χ0) is 13.2. The molecular weight excluding hydrogens is 253 g/mol. The maximum atomic E-state index is 13.6. The fraction of sp³-hybridized carbons (Fsp3) is 0.538. The molecule has 0 radical (unpaired) electrons. The van der Waals surface area contributed by atoms with Gasteiger partial charge in [0.05, 0.1) is 11.5 Å². The highest BCUT2D eigenvalue weighted by atomic mass is 32.2. The van der Waals surface area contributed by atoms with Crippen molar-refractivity contribution >= 4 is 9.84 Å². The largest absolute Gasteiger partial charge is 0.307 e. The lowest BCUT2D eigenvalue weighted by atomic mass is 10.0. The lowest BCUT2D eigenvalue weighted by Gasteiger charge is -2.27. The van der Waals surface area contributed by atoms with E-state index in [2.05, 4.69) is 5.32 Å². The van der Waals surface area contributed by atoms with Crippen molar-refractivity contribution in [3.05, 3.63) is 35.6 Å². The van der Waals surface area contributed by atoms with E-state index < -0.39 is 9.84 Å². The maximum absolute atomic E-state index is 13.6. The van der Waals surface area contributed by atoms with E-state index in [9.17, 15) is 12.8 Å². The molecule has 1 atom stereocenters. The lowest BCUT2D eigenvalue weighted by Crippen LogP contribution is -2.38. The summed E-state index contributed by atoms with van der Waals surface area (Å²) in [7, 11) is -2.84. The van der Waals surface area contributed by atoms with Crippen LogP contribution in [0.25, 0.3) is 0 Å². The van der Waals surface area contributed by atoms with Gasteiger partial charge in [0.1, 0.15) is 15.7 Å². The van der Waals surface area contributed by atoms with Gasteiger partial charge in [0, 0.05) is 17.6 Å². The normalized spacial score (nSPS) is 21.7. The Bertz CT molecular complexity index is 501. The van der Waals surface area contributed by atoms with Crippen LogP contribution < -0.4 is 5.32 Å². The average Bonchev–Trinajstić information content (AvgIpc) is 2.32. The molecule has 0 bridgehead atoms. The van der Waals surface area contributed by atoms with Crippen molar-refractivity contribution in [2.24, 2.45) is 0 Å². The first kappa shape index (κ1) is 13.5. The van der Waals surface area contributed by atoms with E-state index in [0.717, 1.165) is 0 Å². The molecule has 0 aromatic heterocycles. The molecule has 1 saturated heterocycles. The Balaban J connectivity index is 1.97. The van der Waals surface area contributed by atoms with Gasteiger partial charge >= 0.3 is 0 Å². The second kappa shape index (κ2) is 5.36. The first-order chi connectivity index (χ1) is 8.48. The Labute approximate surface area is 107 Å². The topological polar surface area (TPSA) is 46.2 Å². The van der Waals surface area contributed by atoms with Crippen molar-refractivity contribution in [2.75, 3.05) is 11.5 Å². The Morgan fingerprint density at radius 3 is 2.50 bits per heavy atom. The highest BCUT2D eigenvalue weighted by Gasteiger charge is 2.25. The smallest absolute Gasteiger partial charge is 0.150 e. The summed E-state index contributed by atoms with van der Waals surface area (Å²) in [5.74, 6) is 0.240. The van der Waals surface area contributed by atoms with E-state index in [0.29, 0.717) is 18.4 Å². The van der Waals surface area contributed by atoms with E-state index >= 15 is 0 Å². The molecule has 1 aliphatic rings. The molecule has 1 fully saturated rings. The van der Waals surface area contributed by atoms with Gasteiger partial charge in [-0.1, -0.05) is 18.2 Å². The van der Waals surface area contributed by atoms with Crippen LogP contribution in [0.1, 0.15) is 31.4 Å². The van der Waals surface area contributed by atoms with E-state index in [1.807, 2.05) is 13.0 Å². The zero-order valence-corrected chi connectivity index (χ0v) is 11.2. The fourth-order valence-corrected chi connectivity index (χ4v) is 3.82. The third kappa shape index (κ3) is 3.29. The van der Waals surface area contributed by atoms with Gasteiger partial charge in [0.25, 0.3) is 0 Å². The summed E-state index contributed by atoms with van der Waals surface area (Å²) in [4.78, 5) is 0. The molecule has 2 rings (SSSR count). The van der Waals surface area contributed by atoms with Crippen molar-refractivity contribution in [2.45, 2.75) is 31.8 Å². The molecule has 0 unspecified atom stereocenters. The molecule has 3 nitrogen and oxygen atoms in total. The van der Waals surface area contributed by atoms with Gasteiger partial charge in [-0.2, -0.15) is 0 Å². The van der Waals surface area contributed by atoms with Crippen molar-refractivity contribution in [1.29, 1.82) is 0 Å². The third-order valence-electron chi connectivity index (χ3n) is 3.41. The molecule has 1 aliphatic heterocycles. The van der Waals surface area contributed by atoms with Crippen LogP contribution in [0.3, 0.4) is 0 Å². The summed E-state index contributed by atoms with van der Waals surface area (Å²) in [5.41, 5.74) is 0.630. The molecule has 5 heteroatoms. The van der Waals surface area contributed by atoms with Crippen LogP contribution in [-0.4, -0.2) is 26.0 Å². The van der Waals surface area contributed by atoms with Crippen molar-refractivity contribution < 1.29 is 12.8 Å². The first-order valence-corrected chi connectivity index (χ1v) is 8.01. The molecule has 0 saturated carbocycles. The number of hydrogen-bond donors (Lipinski definition) is 1. The van der Waals surface area contributed by atoms with Crippen LogP contribution in [0.15, 0.2) is 24.3 Å². The highest BCUT2D eigenvalue weighted by molar-refractivity contribution is 7.91. The van der Waals surface area contributed by atoms with E-state index in [1.54, 1.807) is 12.1 Å². The van der Waals surface area contributed by atoms with Crippen molar-refractivity contribution in [3.8, 4) is 0 Å². The van der Waals surface area contributed by atoms with Gasteiger partial charge in [0.15, 0.2) is 0 Å². The minimum absolute atomic E-state index is 0.1000. The SMILES string of the molecule is C[C@@H](NC1CCS(=O)(=O)CC1)c1ccccc1F. The number of rotatable bonds is 3. The predicted octanol–water partition coefficient (Wildman–Crippen LogP) is 2.05. The summed E-state index contributed by atoms with van der Waals surface area (Å²) in [6.07, 6.45) is 1.22. The molecular formula is C13H18FNO2S. The lowest BCUT2D eigenvalue weighted by molar-refractivity contribution is 0.411. The molecule has 18 heavy (non-hydrogen) atoms. The maximum Gasteiger partial charge on any atom is 0.150 e. The summed E-state index contributed by atoms with van der Waals surface area (Å²) >= 11 is 0. The molecule has 0 spiro atoms. The van der Waals surface area contributed by atoms with E-state index in [1.165, 1.54) is 6.07 Å². The van der Waals surface area contributed by atoms with Gasteiger partial charge in [-0.25, -0.2) is 12.8 Å². The second-order valence-electron chi connectivity index (χ2n) is 4.84. The van der Waals surface area contributed by atoms with Crippen LogP contribution >= 0.6 is 0 Å². The van der Waals surface area contributed by atoms with Gasteiger partial charge in [0.2, 0.25) is 0 Å². The average molecular weight is 271 g/mol. The summed E-state index contributed by atoms with van der Waals surface area (Å²) in [5, 5.41) is 3.31. The van der Waals surface area contributed by atoms with Crippen molar-refractivity contribution in [1.82, 2.24) is 5.32 Å². The molecule has 1 aromatic carbocycles. The minimum atomic E-state index is -2.84. The number of sulfone groups is 1. The van der Waals surface area contributed by atoms with Gasteiger partial charge in [-0.15, -0.1) is 0 Å². The van der Waals surface area contributed by atoms with Crippen LogP contribution in [0.5, 0.6) is 0 Å². The quantitative estimate of drug-likeness (QED) is 0.915. The number of halogens is 1. The molecule has 0 aliphatic carbocycles. The minimum Gasteiger partial charge on any atom is -0.307 e. The Morgan fingerprint density at radius 1 is 1.28 bits per heavy atom. The molecule has 100 valence electrons. The second-order valence-corrected chi connectivity index (χ2v) is 7.14. The van der Waals surface area contributed by atoms with E-state index in [-0.39, 0.29) is 29.4 Å². The van der Waals surface area contributed by atoms with Crippen LogP contribution in [0, 0.1) is 5.82 Å². The van der Waals surface area contributed by atoms with Crippen LogP contribution in [0.2, 0.25) is 0 Å². The van der Waals surface area contributed by atoms with Crippen LogP contribution in [-0.2, 0) is 9.84 Å². The van der Waals surface area contributed by atoms with Gasteiger partial charge < -0.3 is 5.32 Å². The molecule has 1 heterocycles. The fourth-order valence-electron chi connectivity index (χ4n) is 2.33. The summed E-state index contributed by atoms with van der Waals surface area (Å²) in [6.45, 7) is 1.90. The molecule has 1 N–H and O–H groups in total. The number of hydrogen-bond acceptors (Lipinski definition) is 3. The Morgan fingerprint density at radius 2 is 1.89 bits per heavy atom.